The van der Waals surface area contributed by atoms with Crippen LogP contribution in [0.5, 0.6) is 0 Å². The van der Waals surface area contributed by atoms with Crippen molar-refractivity contribution >= 4 is 11.9 Å². The van der Waals surface area contributed by atoms with Gasteiger partial charge in [0, 0.05) is 51.8 Å². The maximum Gasteiger partial charge on any atom is 0.253 e. The van der Waals surface area contributed by atoms with Gasteiger partial charge in [0.15, 0.2) is 5.96 Å². The number of aromatic nitrogens is 1. The number of oxazole rings is 1. The molecule has 0 aliphatic carbocycles. The van der Waals surface area contributed by atoms with Gasteiger partial charge in [-0.2, -0.15) is 0 Å². The van der Waals surface area contributed by atoms with Crippen LogP contribution in [0.3, 0.4) is 0 Å². The van der Waals surface area contributed by atoms with Crippen molar-refractivity contribution in [3.8, 4) is 11.5 Å². The lowest BCUT2D eigenvalue weighted by molar-refractivity contribution is 0.0827. The van der Waals surface area contributed by atoms with Crippen molar-refractivity contribution < 1.29 is 13.6 Å². The zero-order valence-electron chi connectivity index (χ0n) is 18.6. The molecule has 7 nitrogen and oxygen atoms in total. The van der Waals surface area contributed by atoms with Gasteiger partial charge in [0.1, 0.15) is 12.1 Å². The summed E-state index contributed by atoms with van der Waals surface area (Å²) in [6.45, 7) is 1.31. The molecule has 0 atom stereocenters. The second kappa shape index (κ2) is 11.1. The van der Waals surface area contributed by atoms with E-state index in [4.69, 9.17) is 4.42 Å². The second-order valence-corrected chi connectivity index (χ2v) is 7.48. The monoisotopic (exact) mass is 437 g/mol. The topological polar surface area (TPSA) is 82.8 Å². The third kappa shape index (κ3) is 6.41. The molecule has 0 radical (unpaired) electrons. The number of hydrogen-bond donors (Lipinski definition) is 2. The number of carbonyl (C=O) groups excluding carboxylic acids is 1. The Morgan fingerprint density at radius 3 is 2.50 bits per heavy atom. The Balaban J connectivity index is 1.43. The van der Waals surface area contributed by atoms with Gasteiger partial charge in [0.05, 0.1) is 5.69 Å². The molecule has 1 heterocycles. The maximum atomic E-state index is 13.1. The highest BCUT2D eigenvalue weighted by Gasteiger charge is 2.09. The third-order valence-corrected chi connectivity index (χ3v) is 4.83. The third-order valence-electron chi connectivity index (χ3n) is 4.83. The molecular weight excluding hydrogens is 409 g/mol. The van der Waals surface area contributed by atoms with E-state index >= 15 is 0 Å². The maximum absolute atomic E-state index is 13.1. The first kappa shape index (κ1) is 23.0. The number of benzene rings is 2. The van der Waals surface area contributed by atoms with Gasteiger partial charge in [-0.1, -0.05) is 12.1 Å². The summed E-state index contributed by atoms with van der Waals surface area (Å²) >= 11 is 0. The molecular formula is C24H28FN5O2. The summed E-state index contributed by atoms with van der Waals surface area (Å²) in [4.78, 5) is 22.4. The highest BCUT2D eigenvalue weighted by atomic mass is 19.1. The van der Waals surface area contributed by atoms with Crippen molar-refractivity contribution in [1.29, 1.82) is 0 Å². The SMILES string of the molecule is CN=C(NCCc1cccc(C(=O)N(C)C)c1)NCCc1coc(-c2ccc(F)cc2)n1. The van der Waals surface area contributed by atoms with Gasteiger partial charge in [-0.3, -0.25) is 9.79 Å². The minimum absolute atomic E-state index is 0.00673. The van der Waals surface area contributed by atoms with Crippen LogP contribution in [0.4, 0.5) is 4.39 Å². The lowest BCUT2D eigenvalue weighted by atomic mass is 10.1. The van der Waals surface area contributed by atoms with Crippen LogP contribution in [-0.4, -0.2) is 56.0 Å². The molecule has 0 aliphatic rings. The Morgan fingerprint density at radius 2 is 1.81 bits per heavy atom. The van der Waals surface area contributed by atoms with E-state index in [9.17, 15) is 9.18 Å². The van der Waals surface area contributed by atoms with Crippen LogP contribution in [0.2, 0.25) is 0 Å². The fourth-order valence-electron chi connectivity index (χ4n) is 3.12. The van der Waals surface area contributed by atoms with E-state index in [0.717, 1.165) is 23.2 Å². The number of nitrogens with one attached hydrogen (secondary N) is 2. The summed E-state index contributed by atoms with van der Waals surface area (Å²) < 4.78 is 18.6. The van der Waals surface area contributed by atoms with E-state index in [2.05, 4.69) is 20.6 Å². The fraction of sp³-hybridized carbons (Fsp3) is 0.292. The largest absolute Gasteiger partial charge is 0.444 e. The first-order chi connectivity index (χ1) is 15.5. The highest BCUT2D eigenvalue weighted by molar-refractivity contribution is 5.94. The van der Waals surface area contributed by atoms with Crippen LogP contribution < -0.4 is 10.6 Å². The Labute approximate surface area is 187 Å². The molecule has 0 unspecified atom stereocenters. The predicted molar refractivity (Wildman–Crippen MR) is 123 cm³/mol. The molecule has 32 heavy (non-hydrogen) atoms. The minimum atomic E-state index is -0.293. The molecule has 168 valence electrons. The minimum Gasteiger partial charge on any atom is -0.444 e. The summed E-state index contributed by atoms with van der Waals surface area (Å²) in [6, 6.07) is 13.7. The number of amides is 1. The van der Waals surface area contributed by atoms with Gasteiger partial charge in [-0.05, 0) is 48.4 Å². The zero-order chi connectivity index (χ0) is 22.9. The molecule has 8 heteroatoms. The predicted octanol–water partition coefficient (Wildman–Crippen LogP) is 3.13. The van der Waals surface area contributed by atoms with E-state index in [1.165, 1.54) is 12.1 Å². The fourth-order valence-corrected chi connectivity index (χ4v) is 3.12. The smallest absolute Gasteiger partial charge is 0.253 e. The summed E-state index contributed by atoms with van der Waals surface area (Å²) in [7, 11) is 5.21. The standard InChI is InChI=1S/C24H28FN5O2/c1-26-24(27-13-11-17-5-4-6-19(15-17)23(31)30(2)3)28-14-12-21-16-32-22(29-21)18-7-9-20(25)10-8-18/h4-10,15-16H,11-14H2,1-3H3,(H2,26,27,28). The van der Waals surface area contributed by atoms with E-state index in [-0.39, 0.29) is 11.7 Å². The lowest BCUT2D eigenvalue weighted by Crippen LogP contribution is -2.39. The van der Waals surface area contributed by atoms with E-state index < -0.39 is 0 Å². The Hall–Kier alpha value is -3.68. The first-order valence-corrected chi connectivity index (χ1v) is 10.4. The van der Waals surface area contributed by atoms with Crippen LogP contribution in [0.15, 0.2) is 64.2 Å². The number of aliphatic imine (C=N–C) groups is 1. The van der Waals surface area contributed by atoms with Crippen LogP contribution in [-0.2, 0) is 12.8 Å². The normalized spacial score (nSPS) is 11.3. The average molecular weight is 438 g/mol. The number of hydrogen-bond acceptors (Lipinski definition) is 4. The van der Waals surface area contributed by atoms with Crippen molar-refractivity contribution in [2.24, 2.45) is 4.99 Å². The molecule has 1 aromatic heterocycles. The molecule has 2 aromatic carbocycles. The van der Waals surface area contributed by atoms with Gasteiger partial charge in [-0.15, -0.1) is 0 Å². The Kier molecular flexibility index (Phi) is 7.96. The molecule has 2 N–H and O–H groups in total. The van der Waals surface area contributed by atoms with Crippen molar-refractivity contribution in [3.63, 3.8) is 0 Å². The Morgan fingerprint density at radius 1 is 1.09 bits per heavy atom. The molecule has 0 aliphatic heterocycles. The molecule has 3 aromatic rings. The molecule has 0 saturated carbocycles. The number of guanidine groups is 1. The number of nitrogens with zero attached hydrogens (tertiary/aromatic N) is 3. The quantitative estimate of drug-likeness (QED) is 0.418. The first-order valence-electron chi connectivity index (χ1n) is 10.4. The van der Waals surface area contributed by atoms with Gasteiger partial charge in [0.25, 0.3) is 5.91 Å². The Bertz CT molecular complexity index is 1060. The molecule has 3 rings (SSSR count). The molecule has 0 saturated heterocycles. The second-order valence-electron chi connectivity index (χ2n) is 7.48. The number of carbonyl (C=O) groups is 1. The van der Waals surface area contributed by atoms with E-state index in [1.807, 2.05) is 24.3 Å². The van der Waals surface area contributed by atoms with E-state index in [1.54, 1.807) is 44.4 Å². The van der Waals surface area contributed by atoms with Crippen molar-refractivity contribution in [3.05, 3.63) is 77.4 Å². The number of rotatable bonds is 8. The van der Waals surface area contributed by atoms with Crippen molar-refractivity contribution in [2.45, 2.75) is 12.8 Å². The van der Waals surface area contributed by atoms with E-state index in [0.29, 0.717) is 36.9 Å². The van der Waals surface area contributed by atoms with Gasteiger partial charge in [-0.25, -0.2) is 9.37 Å². The van der Waals surface area contributed by atoms with Crippen molar-refractivity contribution in [1.82, 2.24) is 20.5 Å². The molecule has 1 amide bonds. The summed E-state index contributed by atoms with van der Waals surface area (Å²) in [5, 5.41) is 6.53. The summed E-state index contributed by atoms with van der Waals surface area (Å²) in [5.74, 6) is 0.858. The summed E-state index contributed by atoms with van der Waals surface area (Å²) in [5.41, 5.74) is 3.30. The zero-order valence-corrected chi connectivity index (χ0v) is 18.6. The number of halogens is 1. The average Bonchev–Trinajstić information content (AvgIpc) is 3.27. The highest BCUT2D eigenvalue weighted by Crippen LogP contribution is 2.19. The van der Waals surface area contributed by atoms with Crippen LogP contribution in [0.25, 0.3) is 11.5 Å². The van der Waals surface area contributed by atoms with Crippen LogP contribution in [0.1, 0.15) is 21.6 Å². The molecule has 0 spiro atoms. The van der Waals surface area contributed by atoms with Crippen molar-refractivity contribution in [2.75, 3.05) is 34.2 Å². The molecule has 0 bridgehead atoms. The lowest BCUT2D eigenvalue weighted by Gasteiger charge is -2.13. The summed E-state index contributed by atoms with van der Waals surface area (Å²) in [6.07, 6.45) is 3.03. The van der Waals surface area contributed by atoms with Crippen LogP contribution in [0, 0.1) is 5.82 Å². The van der Waals surface area contributed by atoms with Gasteiger partial charge < -0.3 is 20.0 Å². The molecule has 0 fully saturated rings. The van der Waals surface area contributed by atoms with Gasteiger partial charge >= 0.3 is 0 Å². The van der Waals surface area contributed by atoms with Gasteiger partial charge in [0.2, 0.25) is 5.89 Å². The van der Waals surface area contributed by atoms with Crippen LogP contribution >= 0.6 is 0 Å².